The molecule has 1 saturated heterocycles. The van der Waals surface area contributed by atoms with Crippen LogP contribution >= 0.6 is 0 Å². The zero-order chi connectivity index (χ0) is 15.0. The molecule has 21 heavy (non-hydrogen) atoms. The molecular formula is C14H20N6O. The topological polar surface area (TPSA) is 79.7 Å². The van der Waals surface area contributed by atoms with E-state index >= 15 is 0 Å². The van der Waals surface area contributed by atoms with Crippen LogP contribution in [0.15, 0.2) is 6.33 Å². The zero-order valence-corrected chi connectivity index (χ0v) is 12.6. The molecule has 1 atom stereocenters. The van der Waals surface area contributed by atoms with Gasteiger partial charge in [-0.25, -0.2) is 4.98 Å². The Bertz CT molecular complexity index is 645. The fourth-order valence-corrected chi connectivity index (χ4v) is 3.04. The minimum Gasteiger partial charge on any atom is -0.338 e. The molecule has 1 unspecified atom stereocenters. The molecule has 1 fully saturated rings. The van der Waals surface area contributed by atoms with Crippen molar-refractivity contribution in [1.29, 1.82) is 0 Å². The normalized spacial score (nSPS) is 19.0. The number of carbonyl (C=O) groups excluding carboxylic acids is 1. The highest BCUT2D eigenvalue weighted by Gasteiger charge is 2.29. The van der Waals surface area contributed by atoms with Crippen LogP contribution in [-0.2, 0) is 7.05 Å². The van der Waals surface area contributed by atoms with Gasteiger partial charge in [0.15, 0.2) is 0 Å². The van der Waals surface area contributed by atoms with E-state index in [1.165, 1.54) is 6.33 Å². The third kappa shape index (κ3) is 2.43. The third-order valence-corrected chi connectivity index (χ3v) is 4.25. The van der Waals surface area contributed by atoms with E-state index in [2.05, 4.69) is 20.3 Å². The van der Waals surface area contributed by atoms with Gasteiger partial charge in [-0.05, 0) is 26.7 Å². The Morgan fingerprint density at radius 1 is 1.43 bits per heavy atom. The van der Waals surface area contributed by atoms with Gasteiger partial charge in [0, 0.05) is 31.7 Å². The van der Waals surface area contributed by atoms with Crippen molar-refractivity contribution in [3.8, 4) is 0 Å². The molecule has 7 heteroatoms. The molecule has 0 aliphatic carbocycles. The Morgan fingerprint density at radius 2 is 2.24 bits per heavy atom. The van der Waals surface area contributed by atoms with Gasteiger partial charge < -0.3 is 4.90 Å². The molecule has 1 amide bonds. The molecule has 0 aromatic carbocycles. The number of carbonyl (C=O) groups is 1. The molecule has 0 saturated carbocycles. The van der Waals surface area contributed by atoms with Gasteiger partial charge >= 0.3 is 0 Å². The second kappa shape index (κ2) is 5.31. The van der Waals surface area contributed by atoms with Crippen LogP contribution in [-0.4, -0.2) is 48.9 Å². The van der Waals surface area contributed by atoms with Crippen molar-refractivity contribution in [1.82, 2.24) is 29.9 Å². The van der Waals surface area contributed by atoms with Crippen molar-refractivity contribution < 1.29 is 4.79 Å². The molecule has 112 valence electrons. The highest BCUT2D eigenvalue weighted by atomic mass is 16.2. The number of H-pyrrole nitrogens is 1. The molecule has 1 aliphatic heterocycles. The molecule has 0 bridgehead atoms. The SMILES string of the molecule is Cc1nn(C)c(C)c1C(=O)N1CCCC(c2ncn[nH]2)C1. The molecule has 2 aromatic rings. The van der Waals surface area contributed by atoms with Gasteiger partial charge in [-0.2, -0.15) is 10.2 Å². The lowest BCUT2D eigenvalue weighted by atomic mass is 9.96. The van der Waals surface area contributed by atoms with Crippen LogP contribution in [0.5, 0.6) is 0 Å². The summed E-state index contributed by atoms with van der Waals surface area (Å²) in [6.07, 6.45) is 3.53. The first-order chi connectivity index (χ1) is 10.1. The van der Waals surface area contributed by atoms with Crippen LogP contribution in [0.2, 0.25) is 0 Å². The second-order valence-electron chi connectivity index (χ2n) is 5.63. The Kier molecular flexibility index (Phi) is 3.48. The Labute approximate surface area is 123 Å². The van der Waals surface area contributed by atoms with Gasteiger partial charge in [0.1, 0.15) is 12.2 Å². The Hall–Kier alpha value is -2.18. The molecule has 2 aromatic heterocycles. The fourth-order valence-electron chi connectivity index (χ4n) is 3.04. The monoisotopic (exact) mass is 288 g/mol. The third-order valence-electron chi connectivity index (χ3n) is 4.25. The van der Waals surface area contributed by atoms with E-state index in [-0.39, 0.29) is 11.8 Å². The summed E-state index contributed by atoms with van der Waals surface area (Å²) in [5.41, 5.74) is 2.44. The van der Waals surface area contributed by atoms with Crippen LogP contribution < -0.4 is 0 Å². The van der Waals surface area contributed by atoms with Crippen LogP contribution in [0, 0.1) is 13.8 Å². The van der Waals surface area contributed by atoms with Crippen LogP contribution in [0.3, 0.4) is 0 Å². The molecule has 1 N–H and O–H groups in total. The number of rotatable bonds is 2. The summed E-state index contributed by atoms with van der Waals surface area (Å²) in [6.45, 7) is 5.29. The van der Waals surface area contributed by atoms with Gasteiger partial charge in [-0.15, -0.1) is 0 Å². The van der Waals surface area contributed by atoms with E-state index in [0.29, 0.717) is 6.54 Å². The van der Waals surface area contributed by atoms with Crippen molar-refractivity contribution in [2.45, 2.75) is 32.6 Å². The number of hydrogen-bond acceptors (Lipinski definition) is 4. The summed E-state index contributed by atoms with van der Waals surface area (Å²) in [7, 11) is 1.87. The minimum absolute atomic E-state index is 0.0716. The average Bonchev–Trinajstić information content (AvgIpc) is 3.08. The number of amides is 1. The number of aromatic amines is 1. The molecule has 1 aliphatic rings. The summed E-state index contributed by atoms with van der Waals surface area (Å²) in [5.74, 6) is 1.18. The predicted molar refractivity (Wildman–Crippen MR) is 76.9 cm³/mol. The van der Waals surface area contributed by atoms with Crippen LogP contribution in [0.1, 0.15) is 46.3 Å². The van der Waals surface area contributed by atoms with Crippen LogP contribution in [0.25, 0.3) is 0 Å². The predicted octanol–water partition coefficient (Wildman–Crippen LogP) is 1.17. The summed E-state index contributed by atoms with van der Waals surface area (Å²) >= 11 is 0. The number of likely N-dealkylation sites (tertiary alicyclic amines) is 1. The van der Waals surface area contributed by atoms with E-state index in [0.717, 1.165) is 42.2 Å². The zero-order valence-electron chi connectivity index (χ0n) is 12.6. The number of aromatic nitrogens is 5. The van der Waals surface area contributed by atoms with Crippen molar-refractivity contribution in [3.63, 3.8) is 0 Å². The largest absolute Gasteiger partial charge is 0.338 e. The molecular weight excluding hydrogens is 268 g/mol. The molecule has 3 heterocycles. The number of nitrogens with one attached hydrogen (secondary N) is 1. The highest BCUT2D eigenvalue weighted by molar-refractivity contribution is 5.96. The lowest BCUT2D eigenvalue weighted by Gasteiger charge is -2.31. The van der Waals surface area contributed by atoms with Crippen molar-refractivity contribution in [3.05, 3.63) is 29.1 Å². The lowest BCUT2D eigenvalue weighted by Crippen LogP contribution is -2.39. The average molecular weight is 288 g/mol. The maximum atomic E-state index is 12.8. The quantitative estimate of drug-likeness (QED) is 0.899. The second-order valence-corrected chi connectivity index (χ2v) is 5.63. The number of hydrogen-bond donors (Lipinski definition) is 1. The van der Waals surface area contributed by atoms with Crippen molar-refractivity contribution >= 4 is 5.91 Å². The van der Waals surface area contributed by atoms with Gasteiger partial charge in [-0.3, -0.25) is 14.6 Å². The van der Waals surface area contributed by atoms with Gasteiger partial charge in [-0.1, -0.05) is 0 Å². The van der Waals surface area contributed by atoms with Gasteiger partial charge in [0.05, 0.1) is 11.3 Å². The first kappa shape index (κ1) is 13.8. The van der Waals surface area contributed by atoms with Crippen molar-refractivity contribution in [2.75, 3.05) is 13.1 Å². The van der Waals surface area contributed by atoms with E-state index in [1.54, 1.807) is 4.68 Å². The van der Waals surface area contributed by atoms with E-state index in [9.17, 15) is 4.79 Å². The summed E-state index contributed by atoms with van der Waals surface area (Å²) in [4.78, 5) is 18.9. The summed E-state index contributed by atoms with van der Waals surface area (Å²) < 4.78 is 1.76. The van der Waals surface area contributed by atoms with Gasteiger partial charge in [0.2, 0.25) is 0 Å². The van der Waals surface area contributed by atoms with E-state index in [4.69, 9.17) is 0 Å². The van der Waals surface area contributed by atoms with Crippen LogP contribution in [0.4, 0.5) is 0 Å². The minimum atomic E-state index is 0.0716. The first-order valence-corrected chi connectivity index (χ1v) is 7.22. The molecule has 0 radical (unpaired) electrons. The first-order valence-electron chi connectivity index (χ1n) is 7.22. The van der Waals surface area contributed by atoms with E-state index in [1.807, 2.05) is 25.8 Å². The van der Waals surface area contributed by atoms with Gasteiger partial charge in [0.25, 0.3) is 5.91 Å². The standard InChI is InChI=1S/C14H20N6O/c1-9-12(10(2)19(3)18-9)14(21)20-6-4-5-11(7-20)13-15-8-16-17-13/h8,11H,4-7H2,1-3H3,(H,15,16,17). The molecule has 3 rings (SSSR count). The number of piperidine rings is 1. The van der Waals surface area contributed by atoms with Crippen molar-refractivity contribution in [2.24, 2.45) is 7.05 Å². The smallest absolute Gasteiger partial charge is 0.257 e. The maximum Gasteiger partial charge on any atom is 0.257 e. The molecule has 7 nitrogen and oxygen atoms in total. The maximum absolute atomic E-state index is 12.8. The number of nitrogens with zero attached hydrogens (tertiary/aromatic N) is 5. The Balaban J connectivity index is 1.81. The summed E-state index contributed by atoms with van der Waals surface area (Å²) in [5, 5.41) is 11.2. The molecule has 0 spiro atoms. The Morgan fingerprint density at radius 3 is 2.86 bits per heavy atom. The summed E-state index contributed by atoms with van der Waals surface area (Å²) in [6, 6.07) is 0. The lowest BCUT2D eigenvalue weighted by molar-refractivity contribution is 0.0703. The highest BCUT2D eigenvalue weighted by Crippen LogP contribution is 2.26. The fraction of sp³-hybridized carbons (Fsp3) is 0.571. The van der Waals surface area contributed by atoms with E-state index < -0.39 is 0 Å². The number of aryl methyl sites for hydroxylation is 2.